The van der Waals surface area contributed by atoms with E-state index in [0.29, 0.717) is 17.9 Å². The molecule has 154 valence electrons. The molecule has 0 spiro atoms. The fourth-order valence-corrected chi connectivity index (χ4v) is 3.25. The van der Waals surface area contributed by atoms with E-state index in [-0.39, 0.29) is 19.0 Å². The second kappa shape index (κ2) is 9.83. The zero-order chi connectivity index (χ0) is 21.5. The molecule has 0 unspecified atom stereocenters. The molecule has 1 aromatic heterocycles. The van der Waals surface area contributed by atoms with Gasteiger partial charge in [0.15, 0.2) is 0 Å². The van der Waals surface area contributed by atoms with Crippen molar-refractivity contribution in [3.05, 3.63) is 88.7 Å². The Morgan fingerprint density at radius 2 is 1.60 bits per heavy atom. The summed E-state index contributed by atoms with van der Waals surface area (Å²) < 4.78 is 10.7. The van der Waals surface area contributed by atoms with Gasteiger partial charge in [0.1, 0.15) is 6.61 Å². The highest BCUT2D eigenvalue weighted by Gasteiger charge is 2.19. The molecule has 0 saturated heterocycles. The predicted molar refractivity (Wildman–Crippen MR) is 115 cm³/mol. The Kier molecular flexibility index (Phi) is 6.96. The summed E-state index contributed by atoms with van der Waals surface area (Å²) in [5, 5.41) is 0. The molecule has 2 aromatic carbocycles. The first kappa shape index (κ1) is 21.2. The van der Waals surface area contributed by atoms with Crippen molar-refractivity contribution in [2.24, 2.45) is 0 Å². The van der Waals surface area contributed by atoms with Gasteiger partial charge in [-0.25, -0.2) is 4.79 Å². The number of rotatable bonds is 7. The smallest absolute Gasteiger partial charge is 0.340 e. The first-order chi connectivity index (χ1) is 14.5. The van der Waals surface area contributed by atoms with E-state index in [4.69, 9.17) is 9.47 Å². The maximum atomic E-state index is 13.0. The number of pyridine rings is 1. The van der Waals surface area contributed by atoms with Crippen LogP contribution >= 0.6 is 0 Å². The van der Waals surface area contributed by atoms with Crippen LogP contribution in [0.2, 0.25) is 0 Å². The standard InChI is InChI=1S/C25H25NO4/c1-4-29-23(27)15-20-7-5-6-8-21(20)16-30-25(28)24-18(3)26-14-13-22(24)19-11-9-17(2)10-12-19/h5-14H,4,15-16H2,1-3H3. The van der Waals surface area contributed by atoms with Crippen LogP contribution in [0.5, 0.6) is 0 Å². The van der Waals surface area contributed by atoms with Gasteiger partial charge < -0.3 is 9.47 Å². The van der Waals surface area contributed by atoms with Crippen LogP contribution in [0, 0.1) is 13.8 Å². The average Bonchev–Trinajstić information content (AvgIpc) is 2.73. The summed E-state index contributed by atoms with van der Waals surface area (Å²) in [4.78, 5) is 29.1. The fraction of sp³-hybridized carbons (Fsp3) is 0.240. The van der Waals surface area contributed by atoms with Crippen LogP contribution in [-0.2, 0) is 27.3 Å². The molecule has 0 atom stereocenters. The normalized spacial score (nSPS) is 10.5. The number of hydrogen-bond acceptors (Lipinski definition) is 5. The van der Waals surface area contributed by atoms with Gasteiger partial charge in [0.25, 0.3) is 0 Å². The minimum atomic E-state index is -0.442. The lowest BCUT2D eigenvalue weighted by molar-refractivity contribution is -0.142. The first-order valence-electron chi connectivity index (χ1n) is 9.91. The third-order valence-corrected chi connectivity index (χ3v) is 4.82. The van der Waals surface area contributed by atoms with Crippen molar-refractivity contribution in [1.82, 2.24) is 4.98 Å². The van der Waals surface area contributed by atoms with Crippen molar-refractivity contribution in [1.29, 1.82) is 0 Å². The number of aryl methyl sites for hydroxylation is 2. The Morgan fingerprint density at radius 1 is 0.900 bits per heavy atom. The van der Waals surface area contributed by atoms with Crippen molar-refractivity contribution >= 4 is 11.9 Å². The topological polar surface area (TPSA) is 65.5 Å². The Hall–Kier alpha value is -3.47. The number of esters is 2. The summed E-state index contributed by atoms with van der Waals surface area (Å²) in [5.41, 5.74) is 5.48. The molecule has 5 nitrogen and oxygen atoms in total. The predicted octanol–water partition coefficient (Wildman–Crippen LogP) is 4.83. The minimum absolute atomic E-state index is 0.0656. The van der Waals surface area contributed by atoms with Gasteiger partial charge in [0, 0.05) is 6.20 Å². The number of carbonyl (C=O) groups excluding carboxylic acids is 2. The van der Waals surface area contributed by atoms with Gasteiger partial charge >= 0.3 is 11.9 Å². The molecule has 5 heteroatoms. The Labute approximate surface area is 176 Å². The first-order valence-corrected chi connectivity index (χ1v) is 9.91. The molecule has 0 bridgehead atoms. The lowest BCUT2D eigenvalue weighted by Crippen LogP contribution is -2.13. The van der Waals surface area contributed by atoms with Crippen LogP contribution in [0.15, 0.2) is 60.8 Å². The van der Waals surface area contributed by atoms with Crippen LogP contribution < -0.4 is 0 Å². The lowest BCUT2D eigenvalue weighted by atomic mass is 9.98. The monoisotopic (exact) mass is 403 g/mol. The van der Waals surface area contributed by atoms with Crippen LogP contribution in [-0.4, -0.2) is 23.5 Å². The molecule has 1 heterocycles. The molecule has 0 N–H and O–H groups in total. The molecule has 3 aromatic rings. The summed E-state index contributed by atoms with van der Waals surface area (Å²) in [5.74, 6) is -0.747. The molecule has 3 rings (SSSR count). The number of ether oxygens (including phenoxy) is 2. The molecule has 0 radical (unpaired) electrons. The van der Waals surface area contributed by atoms with Crippen LogP contribution in [0.25, 0.3) is 11.1 Å². The van der Waals surface area contributed by atoms with E-state index in [1.165, 1.54) is 0 Å². The van der Waals surface area contributed by atoms with Gasteiger partial charge in [-0.1, -0.05) is 54.1 Å². The van der Waals surface area contributed by atoms with E-state index < -0.39 is 5.97 Å². The third-order valence-electron chi connectivity index (χ3n) is 4.82. The maximum Gasteiger partial charge on any atom is 0.340 e. The molecule has 0 fully saturated rings. The highest BCUT2D eigenvalue weighted by atomic mass is 16.5. The van der Waals surface area contributed by atoms with Crippen molar-refractivity contribution in [3.8, 4) is 11.1 Å². The van der Waals surface area contributed by atoms with E-state index in [9.17, 15) is 9.59 Å². The zero-order valence-electron chi connectivity index (χ0n) is 17.5. The van der Waals surface area contributed by atoms with Gasteiger partial charge in [0.05, 0.1) is 24.3 Å². The molecule has 0 aliphatic rings. The lowest BCUT2D eigenvalue weighted by Gasteiger charge is -2.14. The van der Waals surface area contributed by atoms with E-state index in [1.54, 1.807) is 20.0 Å². The Morgan fingerprint density at radius 3 is 2.30 bits per heavy atom. The molecule has 0 saturated carbocycles. The van der Waals surface area contributed by atoms with Crippen LogP contribution in [0.1, 0.15) is 39.7 Å². The largest absolute Gasteiger partial charge is 0.466 e. The number of hydrogen-bond donors (Lipinski definition) is 0. The molecule has 0 aliphatic heterocycles. The summed E-state index contributed by atoms with van der Waals surface area (Å²) in [7, 11) is 0. The van der Waals surface area contributed by atoms with Gasteiger partial charge in [-0.15, -0.1) is 0 Å². The fourth-order valence-electron chi connectivity index (χ4n) is 3.25. The SMILES string of the molecule is CCOC(=O)Cc1ccccc1COC(=O)c1c(-c2ccc(C)cc2)ccnc1C. The second-order valence-electron chi connectivity index (χ2n) is 7.01. The quantitative estimate of drug-likeness (QED) is 0.529. The maximum absolute atomic E-state index is 13.0. The minimum Gasteiger partial charge on any atom is -0.466 e. The van der Waals surface area contributed by atoms with Crippen molar-refractivity contribution in [3.63, 3.8) is 0 Å². The molecular weight excluding hydrogens is 378 g/mol. The Balaban J connectivity index is 1.81. The third kappa shape index (κ3) is 5.11. The van der Waals surface area contributed by atoms with Crippen LogP contribution in [0.3, 0.4) is 0 Å². The zero-order valence-corrected chi connectivity index (χ0v) is 17.5. The average molecular weight is 403 g/mol. The van der Waals surface area contributed by atoms with E-state index in [2.05, 4.69) is 4.98 Å². The van der Waals surface area contributed by atoms with Gasteiger partial charge in [-0.2, -0.15) is 0 Å². The Bertz CT molecular complexity index is 1040. The number of benzene rings is 2. The number of carbonyl (C=O) groups is 2. The van der Waals surface area contributed by atoms with Crippen molar-refractivity contribution < 1.29 is 19.1 Å². The van der Waals surface area contributed by atoms with E-state index >= 15 is 0 Å². The highest BCUT2D eigenvalue weighted by molar-refractivity contribution is 5.98. The summed E-state index contributed by atoms with van der Waals surface area (Å²) >= 11 is 0. The summed E-state index contributed by atoms with van der Waals surface area (Å²) in [6.45, 7) is 5.98. The molecule has 0 aliphatic carbocycles. The van der Waals surface area contributed by atoms with Crippen molar-refractivity contribution in [2.45, 2.75) is 33.8 Å². The van der Waals surface area contributed by atoms with Crippen LogP contribution in [0.4, 0.5) is 0 Å². The van der Waals surface area contributed by atoms with E-state index in [1.807, 2.05) is 61.5 Å². The summed E-state index contributed by atoms with van der Waals surface area (Å²) in [6.07, 6.45) is 1.83. The highest BCUT2D eigenvalue weighted by Crippen LogP contribution is 2.26. The number of nitrogens with zero attached hydrogens (tertiary/aromatic N) is 1. The van der Waals surface area contributed by atoms with Gasteiger partial charge in [-0.3, -0.25) is 9.78 Å². The molecular formula is C25H25NO4. The van der Waals surface area contributed by atoms with Crippen molar-refractivity contribution in [2.75, 3.05) is 6.61 Å². The van der Waals surface area contributed by atoms with Gasteiger partial charge in [0.2, 0.25) is 0 Å². The summed E-state index contributed by atoms with van der Waals surface area (Å²) in [6, 6.07) is 17.2. The van der Waals surface area contributed by atoms with Gasteiger partial charge in [-0.05, 0) is 49.1 Å². The molecule has 0 amide bonds. The van der Waals surface area contributed by atoms with E-state index in [0.717, 1.165) is 27.8 Å². The second-order valence-corrected chi connectivity index (χ2v) is 7.01. The number of aromatic nitrogens is 1. The molecule has 30 heavy (non-hydrogen) atoms.